The molecule has 0 atom stereocenters. The Morgan fingerprint density at radius 2 is 2.14 bits per heavy atom. The van der Waals surface area contributed by atoms with Crippen molar-refractivity contribution in [3.05, 3.63) is 0 Å². The van der Waals surface area contributed by atoms with Crippen LogP contribution in [0.1, 0.15) is 0 Å². The quantitative estimate of drug-likeness (QED) is 0.358. The van der Waals surface area contributed by atoms with E-state index in [1.807, 2.05) is 5.32 Å². The Hall–Kier alpha value is 0.210. The summed E-state index contributed by atoms with van der Waals surface area (Å²) in [4.78, 5) is 0. The van der Waals surface area contributed by atoms with Crippen LogP contribution in [0.3, 0.4) is 0 Å². The molecule has 0 aromatic carbocycles. The molecule has 0 aliphatic rings. The topological polar surface area (TPSA) is 36.8 Å². The smallest absolute Gasteiger partial charge is 0.0990 e. The van der Waals surface area contributed by atoms with E-state index in [1.165, 1.54) is 0 Å². The SMILES string of the molecule is OCC[NH2+]CCCl. The summed E-state index contributed by atoms with van der Waals surface area (Å²) < 4.78 is 0. The highest BCUT2D eigenvalue weighted by Crippen LogP contribution is 1.60. The number of alkyl halides is 1. The number of halogens is 1. The van der Waals surface area contributed by atoms with Gasteiger partial charge in [0.25, 0.3) is 0 Å². The third-order valence-electron chi connectivity index (χ3n) is 0.646. The number of nitrogens with two attached hydrogens (primary N) is 1. The second-order valence-corrected chi connectivity index (χ2v) is 1.66. The summed E-state index contributed by atoms with van der Waals surface area (Å²) >= 11 is 5.32. The highest BCUT2D eigenvalue weighted by atomic mass is 35.5. The average Bonchev–Trinajstić information content (AvgIpc) is 1.69. The summed E-state index contributed by atoms with van der Waals surface area (Å²) in [5, 5.41) is 10.2. The highest BCUT2D eigenvalue weighted by Gasteiger charge is 1.82. The van der Waals surface area contributed by atoms with E-state index in [0.29, 0.717) is 5.88 Å². The molecule has 0 bridgehead atoms. The molecule has 0 fully saturated rings. The summed E-state index contributed by atoms with van der Waals surface area (Å²) in [6.45, 7) is 1.92. The lowest BCUT2D eigenvalue weighted by Crippen LogP contribution is -2.85. The fourth-order valence-corrected chi connectivity index (χ4v) is 0.467. The average molecular weight is 125 g/mol. The van der Waals surface area contributed by atoms with Crippen molar-refractivity contribution in [3.63, 3.8) is 0 Å². The zero-order chi connectivity index (χ0) is 5.54. The van der Waals surface area contributed by atoms with E-state index in [1.54, 1.807) is 0 Å². The number of hydrogen-bond donors (Lipinski definition) is 2. The first kappa shape index (κ1) is 7.21. The summed E-state index contributed by atoms with van der Waals surface area (Å²) in [5.41, 5.74) is 0. The Balaban J connectivity index is 2.45. The molecule has 0 aliphatic heterocycles. The van der Waals surface area contributed by atoms with Crippen molar-refractivity contribution in [1.82, 2.24) is 0 Å². The van der Waals surface area contributed by atoms with Crippen molar-refractivity contribution >= 4 is 11.6 Å². The van der Waals surface area contributed by atoms with Crippen molar-refractivity contribution in [2.75, 3.05) is 25.6 Å². The van der Waals surface area contributed by atoms with Crippen LogP contribution in [0.25, 0.3) is 0 Å². The van der Waals surface area contributed by atoms with Gasteiger partial charge in [0.1, 0.15) is 0 Å². The zero-order valence-corrected chi connectivity index (χ0v) is 4.99. The van der Waals surface area contributed by atoms with E-state index in [0.717, 1.165) is 13.1 Å². The first-order chi connectivity index (χ1) is 3.41. The van der Waals surface area contributed by atoms with Gasteiger partial charge < -0.3 is 10.4 Å². The predicted octanol–water partition coefficient (Wildman–Crippen LogP) is -1.22. The van der Waals surface area contributed by atoms with Gasteiger partial charge in [0.2, 0.25) is 0 Å². The van der Waals surface area contributed by atoms with Gasteiger partial charge in [-0.3, -0.25) is 0 Å². The van der Waals surface area contributed by atoms with Crippen LogP contribution in [0.15, 0.2) is 0 Å². The molecule has 0 aliphatic carbocycles. The molecule has 0 amide bonds. The molecule has 3 N–H and O–H groups in total. The molecule has 0 radical (unpaired) electrons. The Bertz CT molecular complexity index is 30.9. The molecule has 44 valence electrons. The van der Waals surface area contributed by atoms with Gasteiger partial charge in [0.05, 0.1) is 25.6 Å². The standard InChI is InChI=1S/C4H10ClNO/c5-1-2-6-3-4-7/h6-7H,1-4H2/p+1. The van der Waals surface area contributed by atoms with E-state index < -0.39 is 0 Å². The van der Waals surface area contributed by atoms with Gasteiger partial charge >= 0.3 is 0 Å². The van der Waals surface area contributed by atoms with Crippen molar-refractivity contribution < 1.29 is 10.4 Å². The number of rotatable bonds is 4. The van der Waals surface area contributed by atoms with Crippen LogP contribution in [-0.4, -0.2) is 30.7 Å². The largest absolute Gasteiger partial charge is 0.391 e. The number of aliphatic hydroxyl groups is 1. The monoisotopic (exact) mass is 124 g/mol. The first-order valence-electron chi connectivity index (χ1n) is 2.40. The van der Waals surface area contributed by atoms with Crippen molar-refractivity contribution in [3.8, 4) is 0 Å². The van der Waals surface area contributed by atoms with E-state index in [9.17, 15) is 0 Å². The van der Waals surface area contributed by atoms with Crippen LogP contribution in [0.5, 0.6) is 0 Å². The van der Waals surface area contributed by atoms with E-state index in [2.05, 4.69) is 0 Å². The van der Waals surface area contributed by atoms with Gasteiger partial charge in [-0.05, 0) is 0 Å². The maximum Gasteiger partial charge on any atom is 0.0990 e. The van der Waals surface area contributed by atoms with Crippen LogP contribution in [0.4, 0.5) is 0 Å². The first-order valence-corrected chi connectivity index (χ1v) is 2.93. The normalized spacial score (nSPS) is 9.43. The lowest BCUT2D eigenvalue weighted by Gasteiger charge is -1.91. The second-order valence-electron chi connectivity index (χ2n) is 1.28. The van der Waals surface area contributed by atoms with Gasteiger partial charge in [0, 0.05) is 0 Å². The Morgan fingerprint density at radius 1 is 1.43 bits per heavy atom. The fraction of sp³-hybridized carbons (Fsp3) is 1.00. The van der Waals surface area contributed by atoms with Crippen LogP contribution < -0.4 is 5.32 Å². The third-order valence-corrected chi connectivity index (χ3v) is 0.865. The molecule has 0 aromatic heterocycles. The Morgan fingerprint density at radius 3 is 2.57 bits per heavy atom. The minimum absolute atomic E-state index is 0.247. The van der Waals surface area contributed by atoms with Crippen molar-refractivity contribution in [1.29, 1.82) is 0 Å². The van der Waals surface area contributed by atoms with Crippen LogP contribution >= 0.6 is 11.6 Å². The molecule has 0 rings (SSSR count). The lowest BCUT2D eigenvalue weighted by atomic mass is 10.6. The van der Waals surface area contributed by atoms with E-state index in [4.69, 9.17) is 16.7 Å². The van der Waals surface area contributed by atoms with Gasteiger partial charge in [-0.1, -0.05) is 0 Å². The minimum atomic E-state index is 0.247. The maximum absolute atomic E-state index is 8.22. The molecule has 0 aromatic rings. The molecule has 3 heteroatoms. The summed E-state index contributed by atoms with van der Waals surface area (Å²) in [6.07, 6.45) is 0. The molecule has 0 heterocycles. The van der Waals surface area contributed by atoms with Crippen LogP contribution in [0.2, 0.25) is 0 Å². The van der Waals surface area contributed by atoms with Crippen LogP contribution in [0, 0.1) is 0 Å². The molecular formula is C4H11ClNO+. The third kappa shape index (κ3) is 6.21. The summed E-state index contributed by atoms with van der Waals surface area (Å²) in [6, 6.07) is 0. The molecule has 0 saturated carbocycles. The highest BCUT2D eigenvalue weighted by molar-refractivity contribution is 6.17. The summed E-state index contributed by atoms with van der Waals surface area (Å²) in [5.74, 6) is 0.667. The van der Waals surface area contributed by atoms with Crippen molar-refractivity contribution in [2.24, 2.45) is 0 Å². The summed E-state index contributed by atoms with van der Waals surface area (Å²) in [7, 11) is 0. The van der Waals surface area contributed by atoms with Gasteiger partial charge in [-0.25, -0.2) is 0 Å². The minimum Gasteiger partial charge on any atom is -0.391 e. The van der Waals surface area contributed by atoms with Gasteiger partial charge in [-0.15, -0.1) is 11.6 Å². The van der Waals surface area contributed by atoms with E-state index in [-0.39, 0.29) is 6.61 Å². The number of hydrogen-bond acceptors (Lipinski definition) is 1. The predicted molar refractivity (Wildman–Crippen MR) is 29.5 cm³/mol. The molecule has 0 saturated heterocycles. The second kappa shape index (κ2) is 6.21. The number of quaternary nitrogens is 1. The van der Waals surface area contributed by atoms with Gasteiger partial charge in [0.15, 0.2) is 0 Å². The molecule has 0 unspecified atom stereocenters. The maximum atomic E-state index is 8.22. The van der Waals surface area contributed by atoms with Crippen LogP contribution in [-0.2, 0) is 0 Å². The lowest BCUT2D eigenvalue weighted by molar-refractivity contribution is -0.652. The molecule has 0 spiro atoms. The fourth-order valence-electron chi connectivity index (χ4n) is 0.313. The molecule has 2 nitrogen and oxygen atoms in total. The van der Waals surface area contributed by atoms with E-state index >= 15 is 0 Å². The Kier molecular flexibility index (Phi) is 6.40. The van der Waals surface area contributed by atoms with Gasteiger partial charge in [-0.2, -0.15) is 0 Å². The Labute approximate surface area is 48.5 Å². The molecular weight excluding hydrogens is 114 g/mol. The molecule has 7 heavy (non-hydrogen) atoms. The van der Waals surface area contributed by atoms with Crippen molar-refractivity contribution in [2.45, 2.75) is 0 Å². The number of aliphatic hydroxyl groups excluding tert-OH is 1. The zero-order valence-electron chi connectivity index (χ0n) is 4.23.